The third-order valence-corrected chi connectivity index (χ3v) is 4.12. The Kier molecular flexibility index (Phi) is 4.25. The van der Waals surface area contributed by atoms with Crippen molar-refractivity contribution in [2.24, 2.45) is 7.05 Å². The Bertz CT molecular complexity index is 725. The molecule has 2 aromatic rings. The van der Waals surface area contributed by atoms with Crippen LogP contribution in [0.3, 0.4) is 0 Å². The molecule has 0 bridgehead atoms. The van der Waals surface area contributed by atoms with Gasteiger partial charge in [0.15, 0.2) is 0 Å². The Hall–Kier alpha value is -2.45. The minimum absolute atomic E-state index is 0.0672. The quantitative estimate of drug-likeness (QED) is 0.842. The van der Waals surface area contributed by atoms with E-state index in [4.69, 9.17) is 0 Å². The van der Waals surface area contributed by atoms with Gasteiger partial charge in [-0.05, 0) is 25.0 Å². The molecular formula is C15H16F3N5O. The molecule has 0 saturated carbocycles. The summed E-state index contributed by atoms with van der Waals surface area (Å²) in [4.78, 5) is 17.5. The van der Waals surface area contributed by atoms with Crippen LogP contribution in [0.2, 0.25) is 0 Å². The standard InChI is InChI=1S/C15H16F3N5O/c1-22-9-20-21-13(22)11-3-2-6-23(8-11)14(24)10-4-5-12(19-7-10)15(16,17)18/h4-5,7,9,11H,2-3,6,8H2,1H3/t11-/m0/s1. The van der Waals surface area contributed by atoms with Gasteiger partial charge in [-0.1, -0.05) is 0 Å². The van der Waals surface area contributed by atoms with Gasteiger partial charge in [-0.3, -0.25) is 9.78 Å². The number of pyridine rings is 1. The zero-order valence-electron chi connectivity index (χ0n) is 13.0. The van der Waals surface area contributed by atoms with Crippen LogP contribution in [0.25, 0.3) is 0 Å². The molecule has 0 aromatic carbocycles. The van der Waals surface area contributed by atoms with E-state index < -0.39 is 11.9 Å². The average molecular weight is 339 g/mol. The fourth-order valence-corrected chi connectivity index (χ4v) is 2.90. The van der Waals surface area contributed by atoms with E-state index in [-0.39, 0.29) is 17.4 Å². The third kappa shape index (κ3) is 3.24. The number of rotatable bonds is 2. The largest absolute Gasteiger partial charge is 0.433 e. The van der Waals surface area contributed by atoms with Gasteiger partial charge < -0.3 is 9.47 Å². The molecule has 1 aliphatic heterocycles. The maximum Gasteiger partial charge on any atom is 0.433 e. The van der Waals surface area contributed by atoms with Crippen LogP contribution in [-0.2, 0) is 13.2 Å². The van der Waals surface area contributed by atoms with Crippen LogP contribution in [0, 0.1) is 0 Å². The molecule has 1 fully saturated rings. The van der Waals surface area contributed by atoms with E-state index in [1.807, 2.05) is 11.6 Å². The Morgan fingerprint density at radius 3 is 2.71 bits per heavy atom. The van der Waals surface area contributed by atoms with E-state index in [9.17, 15) is 18.0 Å². The normalized spacial score (nSPS) is 18.7. The molecule has 9 heteroatoms. The van der Waals surface area contributed by atoms with Crippen LogP contribution in [0.4, 0.5) is 13.2 Å². The SMILES string of the molecule is Cn1cnnc1[C@H]1CCCN(C(=O)c2ccc(C(F)(F)F)nc2)C1. The highest BCUT2D eigenvalue weighted by atomic mass is 19.4. The fraction of sp³-hybridized carbons (Fsp3) is 0.467. The minimum atomic E-state index is -4.51. The van der Waals surface area contributed by atoms with Crippen LogP contribution in [0.1, 0.15) is 40.6 Å². The fourth-order valence-electron chi connectivity index (χ4n) is 2.90. The van der Waals surface area contributed by atoms with Crippen molar-refractivity contribution in [2.45, 2.75) is 24.9 Å². The third-order valence-electron chi connectivity index (χ3n) is 4.12. The Labute approximate surface area is 136 Å². The summed E-state index contributed by atoms with van der Waals surface area (Å²) >= 11 is 0. The lowest BCUT2D eigenvalue weighted by molar-refractivity contribution is -0.141. The van der Waals surface area contributed by atoms with Gasteiger partial charge in [0.1, 0.15) is 17.8 Å². The van der Waals surface area contributed by atoms with Gasteiger partial charge in [0.05, 0.1) is 5.56 Å². The first kappa shape index (κ1) is 16.4. The maximum atomic E-state index is 12.5. The van der Waals surface area contributed by atoms with E-state index >= 15 is 0 Å². The monoisotopic (exact) mass is 339 g/mol. The lowest BCUT2D eigenvalue weighted by Crippen LogP contribution is -2.39. The van der Waals surface area contributed by atoms with Crippen molar-refractivity contribution in [3.63, 3.8) is 0 Å². The smallest absolute Gasteiger partial charge is 0.338 e. The van der Waals surface area contributed by atoms with E-state index in [0.29, 0.717) is 13.1 Å². The number of aromatic nitrogens is 4. The molecule has 0 unspecified atom stereocenters. The number of carbonyl (C=O) groups is 1. The number of likely N-dealkylation sites (tertiary alicyclic amines) is 1. The van der Waals surface area contributed by atoms with Gasteiger partial charge in [0, 0.05) is 32.3 Å². The highest BCUT2D eigenvalue weighted by molar-refractivity contribution is 5.94. The van der Waals surface area contributed by atoms with Crippen molar-refractivity contribution >= 4 is 5.91 Å². The molecule has 6 nitrogen and oxygen atoms in total. The van der Waals surface area contributed by atoms with Gasteiger partial charge in [0.2, 0.25) is 0 Å². The summed E-state index contributed by atoms with van der Waals surface area (Å²) in [6, 6.07) is 2.00. The van der Waals surface area contributed by atoms with Crippen LogP contribution in [0.5, 0.6) is 0 Å². The lowest BCUT2D eigenvalue weighted by Gasteiger charge is -2.32. The zero-order chi connectivity index (χ0) is 17.3. The zero-order valence-corrected chi connectivity index (χ0v) is 13.0. The molecule has 1 saturated heterocycles. The molecular weight excluding hydrogens is 323 g/mol. The predicted molar refractivity (Wildman–Crippen MR) is 78.1 cm³/mol. The molecule has 128 valence electrons. The molecule has 2 aromatic heterocycles. The molecule has 24 heavy (non-hydrogen) atoms. The van der Waals surface area contributed by atoms with Gasteiger partial charge >= 0.3 is 6.18 Å². The second kappa shape index (κ2) is 6.21. The Morgan fingerprint density at radius 2 is 2.12 bits per heavy atom. The highest BCUT2D eigenvalue weighted by Gasteiger charge is 2.33. The number of piperidine rings is 1. The number of alkyl halides is 3. The maximum absolute atomic E-state index is 12.5. The second-order valence-corrected chi connectivity index (χ2v) is 5.82. The summed E-state index contributed by atoms with van der Waals surface area (Å²) in [7, 11) is 1.84. The van der Waals surface area contributed by atoms with Crippen molar-refractivity contribution in [1.82, 2.24) is 24.6 Å². The molecule has 0 spiro atoms. The summed E-state index contributed by atoms with van der Waals surface area (Å²) in [5, 5.41) is 7.93. The van der Waals surface area contributed by atoms with E-state index in [0.717, 1.165) is 30.9 Å². The van der Waals surface area contributed by atoms with E-state index in [1.54, 1.807) is 11.2 Å². The van der Waals surface area contributed by atoms with E-state index in [2.05, 4.69) is 15.2 Å². The van der Waals surface area contributed by atoms with Gasteiger partial charge in [-0.25, -0.2) is 0 Å². The van der Waals surface area contributed by atoms with Crippen molar-refractivity contribution in [1.29, 1.82) is 0 Å². The number of amides is 1. The van der Waals surface area contributed by atoms with Gasteiger partial charge in [-0.15, -0.1) is 10.2 Å². The molecule has 0 radical (unpaired) electrons. The summed E-state index contributed by atoms with van der Waals surface area (Å²) in [5.41, 5.74) is -0.851. The van der Waals surface area contributed by atoms with Gasteiger partial charge in [0.25, 0.3) is 5.91 Å². The number of hydrogen-bond donors (Lipinski definition) is 0. The molecule has 1 aliphatic rings. The number of nitrogens with zero attached hydrogens (tertiary/aromatic N) is 5. The first-order valence-electron chi connectivity index (χ1n) is 7.52. The van der Waals surface area contributed by atoms with Crippen molar-refractivity contribution in [3.8, 4) is 0 Å². The summed E-state index contributed by atoms with van der Waals surface area (Å²) < 4.78 is 39.5. The number of hydrogen-bond acceptors (Lipinski definition) is 4. The first-order chi connectivity index (χ1) is 11.4. The van der Waals surface area contributed by atoms with Crippen molar-refractivity contribution in [3.05, 3.63) is 41.7 Å². The average Bonchev–Trinajstić information content (AvgIpc) is 3.00. The Balaban J connectivity index is 1.74. The summed E-state index contributed by atoms with van der Waals surface area (Å²) in [6.07, 6.45) is -0.227. The second-order valence-electron chi connectivity index (χ2n) is 5.82. The predicted octanol–water partition coefficient (Wildman–Crippen LogP) is 2.25. The lowest BCUT2D eigenvalue weighted by atomic mass is 9.96. The van der Waals surface area contributed by atoms with Crippen LogP contribution in [-0.4, -0.2) is 43.6 Å². The molecule has 1 amide bonds. The molecule has 0 N–H and O–H groups in total. The first-order valence-corrected chi connectivity index (χ1v) is 7.52. The Morgan fingerprint density at radius 1 is 1.33 bits per heavy atom. The number of carbonyl (C=O) groups excluding carboxylic acids is 1. The number of halogens is 3. The topological polar surface area (TPSA) is 63.9 Å². The van der Waals surface area contributed by atoms with Crippen molar-refractivity contribution < 1.29 is 18.0 Å². The number of aryl methyl sites for hydroxylation is 1. The van der Waals surface area contributed by atoms with Crippen LogP contribution in [0.15, 0.2) is 24.7 Å². The summed E-state index contributed by atoms with van der Waals surface area (Å²) in [5.74, 6) is 0.554. The van der Waals surface area contributed by atoms with E-state index in [1.165, 1.54) is 6.07 Å². The molecule has 0 aliphatic carbocycles. The van der Waals surface area contributed by atoms with Crippen LogP contribution >= 0.6 is 0 Å². The molecule has 3 rings (SSSR count). The molecule has 3 heterocycles. The summed E-state index contributed by atoms with van der Waals surface area (Å²) in [6.45, 7) is 1.03. The van der Waals surface area contributed by atoms with Crippen LogP contribution < -0.4 is 0 Å². The van der Waals surface area contributed by atoms with Crippen molar-refractivity contribution in [2.75, 3.05) is 13.1 Å². The van der Waals surface area contributed by atoms with Gasteiger partial charge in [-0.2, -0.15) is 13.2 Å². The highest BCUT2D eigenvalue weighted by Crippen LogP contribution is 2.28. The molecule has 1 atom stereocenters. The minimum Gasteiger partial charge on any atom is -0.338 e.